The number of carbonyl (C=O) groups is 2. The molecule has 1 aromatic rings. The minimum atomic E-state index is -0.0625. The second-order valence-electron chi connectivity index (χ2n) is 7.14. The van der Waals surface area contributed by atoms with Gasteiger partial charge in [0.25, 0.3) is 5.91 Å². The van der Waals surface area contributed by atoms with Gasteiger partial charge in [-0.3, -0.25) is 4.79 Å². The summed E-state index contributed by atoms with van der Waals surface area (Å²) in [6.07, 6.45) is 7.42. The minimum absolute atomic E-state index is 0. The van der Waals surface area contributed by atoms with Gasteiger partial charge < -0.3 is 21.3 Å². The standard InChI is InChI=1S/C19H28N4O2.ClH/c20-15-6-4-5-14(13-15)18(24)23-11-9-17(10-12-23)22-19(25)21-16-7-2-1-3-8-16;/h4-6,13,16-17H,1-3,7-12,20H2,(H2,21,22,25);1H. The second kappa shape index (κ2) is 9.67. The summed E-state index contributed by atoms with van der Waals surface area (Å²) < 4.78 is 0. The topological polar surface area (TPSA) is 87.5 Å². The number of benzene rings is 1. The fourth-order valence-electron chi connectivity index (χ4n) is 3.74. The zero-order valence-electron chi connectivity index (χ0n) is 15.1. The molecule has 0 unspecified atom stereocenters. The van der Waals surface area contributed by atoms with Crippen LogP contribution in [0, 0.1) is 0 Å². The van der Waals surface area contributed by atoms with Gasteiger partial charge in [-0.25, -0.2) is 4.79 Å². The maximum absolute atomic E-state index is 12.5. The molecule has 0 radical (unpaired) electrons. The monoisotopic (exact) mass is 380 g/mol. The number of amides is 3. The van der Waals surface area contributed by atoms with E-state index in [9.17, 15) is 9.59 Å². The maximum atomic E-state index is 12.5. The predicted octanol–water partition coefficient (Wildman–Crippen LogP) is 2.93. The van der Waals surface area contributed by atoms with E-state index in [2.05, 4.69) is 10.6 Å². The minimum Gasteiger partial charge on any atom is -0.399 e. The lowest BCUT2D eigenvalue weighted by Crippen LogP contribution is -2.51. The molecule has 2 fully saturated rings. The van der Waals surface area contributed by atoms with Gasteiger partial charge in [0.1, 0.15) is 0 Å². The molecule has 6 nitrogen and oxygen atoms in total. The number of nitrogens with zero attached hydrogens (tertiary/aromatic N) is 1. The van der Waals surface area contributed by atoms with Crippen molar-refractivity contribution >= 4 is 30.0 Å². The molecule has 0 bridgehead atoms. The summed E-state index contributed by atoms with van der Waals surface area (Å²) in [6, 6.07) is 7.47. The second-order valence-corrected chi connectivity index (χ2v) is 7.14. The summed E-state index contributed by atoms with van der Waals surface area (Å²) in [6.45, 7) is 1.31. The number of piperidine rings is 1. The molecule has 144 valence electrons. The van der Waals surface area contributed by atoms with E-state index in [1.807, 2.05) is 4.90 Å². The van der Waals surface area contributed by atoms with E-state index >= 15 is 0 Å². The molecule has 4 N–H and O–H groups in total. The lowest BCUT2D eigenvalue weighted by molar-refractivity contribution is 0.0708. The molecule has 1 aromatic carbocycles. The highest BCUT2D eigenvalue weighted by Crippen LogP contribution is 2.18. The summed E-state index contributed by atoms with van der Waals surface area (Å²) in [5, 5.41) is 6.15. The Bertz CT molecular complexity index is 611. The van der Waals surface area contributed by atoms with E-state index in [-0.39, 0.29) is 30.4 Å². The Morgan fingerprint density at radius 1 is 0.962 bits per heavy atom. The van der Waals surface area contributed by atoms with Crippen LogP contribution in [0.1, 0.15) is 55.3 Å². The molecule has 1 saturated heterocycles. The number of carbonyl (C=O) groups excluding carboxylic acids is 2. The highest BCUT2D eigenvalue weighted by Gasteiger charge is 2.25. The third-order valence-electron chi connectivity index (χ3n) is 5.19. The maximum Gasteiger partial charge on any atom is 0.315 e. The fraction of sp³-hybridized carbons (Fsp3) is 0.579. The van der Waals surface area contributed by atoms with Crippen molar-refractivity contribution in [2.24, 2.45) is 0 Å². The van der Waals surface area contributed by atoms with E-state index in [4.69, 9.17) is 5.73 Å². The average molecular weight is 381 g/mol. The number of hydrogen-bond donors (Lipinski definition) is 3. The largest absolute Gasteiger partial charge is 0.399 e. The number of halogens is 1. The van der Waals surface area contributed by atoms with Crippen molar-refractivity contribution in [2.75, 3.05) is 18.8 Å². The molecular formula is C19H29ClN4O2. The normalized spacial score (nSPS) is 18.7. The smallest absolute Gasteiger partial charge is 0.315 e. The van der Waals surface area contributed by atoms with Gasteiger partial charge in [-0.05, 0) is 43.9 Å². The van der Waals surface area contributed by atoms with Crippen molar-refractivity contribution < 1.29 is 9.59 Å². The van der Waals surface area contributed by atoms with Crippen LogP contribution < -0.4 is 16.4 Å². The third kappa shape index (κ3) is 5.53. The summed E-state index contributed by atoms with van der Waals surface area (Å²) in [5.74, 6) is 0.0115. The molecule has 0 atom stereocenters. The molecule has 1 heterocycles. The third-order valence-corrected chi connectivity index (χ3v) is 5.19. The molecule has 2 aliphatic rings. The Balaban J connectivity index is 0.00000243. The van der Waals surface area contributed by atoms with Gasteiger partial charge >= 0.3 is 6.03 Å². The number of likely N-dealkylation sites (tertiary alicyclic amines) is 1. The predicted molar refractivity (Wildman–Crippen MR) is 106 cm³/mol. The first-order chi connectivity index (χ1) is 12.1. The Morgan fingerprint density at radius 2 is 1.58 bits per heavy atom. The van der Waals surface area contributed by atoms with Crippen molar-refractivity contribution in [2.45, 2.75) is 57.0 Å². The first kappa shape index (κ1) is 20.4. The molecule has 0 spiro atoms. The van der Waals surface area contributed by atoms with Crippen LogP contribution in [-0.4, -0.2) is 42.0 Å². The van der Waals surface area contributed by atoms with Crippen LogP contribution in [0.4, 0.5) is 10.5 Å². The van der Waals surface area contributed by atoms with Gasteiger partial charge in [0.15, 0.2) is 0 Å². The molecular weight excluding hydrogens is 352 g/mol. The quantitative estimate of drug-likeness (QED) is 0.704. The van der Waals surface area contributed by atoms with Crippen LogP contribution in [0.25, 0.3) is 0 Å². The molecule has 1 aliphatic heterocycles. The lowest BCUT2D eigenvalue weighted by Gasteiger charge is -2.33. The first-order valence-corrected chi connectivity index (χ1v) is 9.33. The van der Waals surface area contributed by atoms with Crippen molar-refractivity contribution in [1.82, 2.24) is 15.5 Å². The van der Waals surface area contributed by atoms with E-state index < -0.39 is 0 Å². The molecule has 3 rings (SSSR count). The number of hydrogen-bond acceptors (Lipinski definition) is 3. The number of nitrogen functional groups attached to an aromatic ring is 1. The number of anilines is 1. The number of nitrogens with one attached hydrogen (secondary N) is 2. The van der Waals surface area contributed by atoms with E-state index in [1.165, 1.54) is 19.3 Å². The first-order valence-electron chi connectivity index (χ1n) is 9.33. The average Bonchev–Trinajstić information content (AvgIpc) is 2.62. The highest BCUT2D eigenvalue weighted by atomic mass is 35.5. The summed E-state index contributed by atoms with van der Waals surface area (Å²) in [7, 11) is 0. The van der Waals surface area contributed by atoms with Crippen molar-refractivity contribution in [3.63, 3.8) is 0 Å². The van der Waals surface area contributed by atoms with E-state index in [0.717, 1.165) is 25.7 Å². The van der Waals surface area contributed by atoms with Gasteiger partial charge in [0.2, 0.25) is 0 Å². The van der Waals surface area contributed by atoms with Gasteiger partial charge in [-0.2, -0.15) is 0 Å². The number of nitrogens with two attached hydrogens (primary N) is 1. The lowest BCUT2D eigenvalue weighted by atomic mass is 9.96. The van der Waals surface area contributed by atoms with Crippen LogP contribution in [-0.2, 0) is 0 Å². The van der Waals surface area contributed by atoms with Crippen LogP contribution in [0.5, 0.6) is 0 Å². The van der Waals surface area contributed by atoms with Crippen LogP contribution in [0.15, 0.2) is 24.3 Å². The molecule has 0 aromatic heterocycles. The van der Waals surface area contributed by atoms with Gasteiger partial charge in [-0.1, -0.05) is 25.3 Å². The SMILES string of the molecule is Cl.Nc1cccc(C(=O)N2CCC(NC(=O)NC3CCCCC3)CC2)c1. The Morgan fingerprint density at radius 3 is 2.19 bits per heavy atom. The van der Waals surface area contributed by atoms with Crippen molar-refractivity contribution in [1.29, 1.82) is 0 Å². The van der Waals surface area contributed by atoms with E-state index in [0.29, 0.717) is 30.4 Å². The summed E-state index contributed by atoms with van der Waals surface area (Å²) >= 11 is 0. The number of rotatable bonds is 3. The fourth-order valence-corrected chi connectivity index (χ4v) is 3.74. The van der Waals surface area contributed by atoms with Crippen LogP contribution >= 0.6 is 12.4 Å². The van der Waals surface area contributed by atoms with Gasteiger partial charge in [0.05, 0.1) is 0 Å². The van der Waals surface area contributed by atoms with Gasteiger partial charge in [0, 0.05) is 36.4 Å². The van der Waals surface area contributed by atoms with Crippen molar-refractivity contribution in [3.05, 3.63) is 29.8 Å². The van der Waals surface area contributed by atoms with E-state index in [1.54, 1.807) is 24.3 Å². The molecule has 1 aliphatic carbocycles. The summed E-state index contributed by atoms with van der Waals surface area (Å²) in [4.78, 5) is 26.5. The molecule has 3 amide bonds. The Hall–Kier alpha value is -1.95. The Labute approximate surface area is 161 Å². The zero-order chi connectivity index (χ0) is 17.6. The molecule has 26 heavy (non-hydrogen) atoms. The highest BCUT2D eigenvalue weighted by molar-refractivity contribution is 5.95. The Kier molecular flexibility index (Phi) is 7.57. The molecule has 7 heteroatoms. The summed E-state index contributed by atoms with van der Waals surface area (Å²) in [5.41, 5.74) is 6.98. The van der Waals surface area contributed by atoms with Crippen LogP contribution in [0.2, 0.25) is 0 Å². The van der Waals surface area contributed by atoms with Crippen LogP contribution in [0.3, 0.4) is 0 Å². The zero-order valence-corrected chi connectivity index (χ0v) is 15.9. The van der Waals surface area contributed by atoms with Crippen molar-refractivity contribution in [3.8, 4) is 0 Å². The van der Waals surface area contributed by atoms with Gasteiger partial charge in [-0.15, -0.1) is 12.4 Å². The number of urea groups is 1. The molecule has 1 saturated carbocycles.